The van der Waals surface area contributed by atoms with Crippen molar-refractivity contribution < 1.29 is 32.6 Å². The molecule has 0 aromatic heterocycles. The summed E-state index contributed by atoms with van der Waals surface area (Å²) in [5.41, 5.74) is 0.190. The average molecular weight is 395 g/mol. The van der Waals surface area contributed by atoms with Gasteiger partial charge in [-0.2, -0.15) is 13.2 Å². The third-order valence-electron chi connectivity index (χ3n) is 3.90. The van der Waals surface area contributed by atoms with E-state index >= 15 is 0 Å². The van der Waals surface area contributed by atoms with Gasteiger partial charge in [-0.25, -0.2) is 4.79 Å². The Hall–Kier alpha value is -2.16. The number of benzene rings is 1. The Bertz CT molecular complexity index is 697. The first kappa shape index (κ1) is 20.2. The summed E-state index contributed by atoms with van der Waals surface area (Å²) in [7, 11) is 0. The molecule has 1 aromatic rings. The summed E-state index contributed by atoms with van der Waals surface area (Å²) in [4.78, 5) is 24.1. The number of ether oxygens (including phenoxy) is 1. The predicted octanol–water partition coefficient (Wildman–Crippen LogP) is 3.85. The number of carbonyl (C=O) groups is 2. The Labute approximate surface area is 152 Å². The highest BCUT2D eigenvalue weighted by atomic mass is 35.5. The minimum absolute atomic E-state index is 0.0802. The molecule has 10 heteroatoms. The predicted molar refractivity (Wildman–Crippen MR) is 88.5 cm³/mol. The number of aliphatic carboxylic acids is 1. The number of rotatable bonds is 4. The van der Waals surface area contributed by atoms with E-state index in [9.17, 15) is 22.8 Å². The van der Waals surface area contributed by atoms with Crippen LogP contribution in [0.15, 0.2) is 18.2 Å². The highest BCUT2D eigenvalue weighted by Crippen LogP contribution is 2.38. The van der Waals surface area contributed by atoms with Crippen LogP contribution in [0.5, 0.6) is 5.75 Å². The molecule has 1 heterocycles. The van der Waals surface area contributed by atoms with Gasteiger partial charge in [-0.3, -0.25) is 4.79 Å². The van der Waals surface area contributed by atoms with Crippen molar-refractivity contribution >= 4 is 29.3 Å². The zero-order valence-electron chi connectivity index (χ0n) is 14.0. The summed E-state index contributed by atoms with van der Waals surface area (Å²) in [6, 6.07) is 3.65. The van der Waals surface area contributed by atoms with Crippen molar-refractivity contribution in [3.05, 3.63) is 23.2 Å². The first-order valence-electron chi connectivity index (χ1n) is 7.80. The van der Waals surface area contributed by atoms with E-state index in [2.05, 4.69) is 5.32 Å². The third kappa shape index (κ3) is 4.72. The van der Waals surface area contributed by atoms with E-state index in [4.69, 9.17) is 21.4 Å². The van der Waals surface area contributed by atoms with Gasteiger partial charge in [0.2, 0.25) is 0 Å². The number of hydrogen-bond acceptors (Lipinski definition) is 3. The molecule has 2 atom stereocenters. The SMILES string of the molecule is CC(C)Oc1ccc(NC(=O)N2C[C@@H](C(F)(F)F)[C@H](C(=O)O)C2)c(Cl)c1. The summed E-state index contributed by atoms with van der Waals surface area (Å²) in [6.45, 7) is 2.40. The second-order valence-electron chi connectivity index (χ2n) is 6.24. The van der Waals surface area contributed by atoms with Crippen molar-refractivity contribution in [2.45, 2.75) is 26.1 Å². The molecule has 26 heavy (non-hydrogen) atoms. The van der Waals surface area contributed by atoms with Crippen LogP contribution in [0.1, 0.15) is 13.8 Å². The molecule has 1 fully saturated rings. The van der Waals surface area contributed by atoms with Gasteiger partial charge >= 0.3 is 18.2 Å². The number of carbonyl (C=O) groups excluding carboxylic acids is 1. The number of carboxylic acids is 1. The summed E-state index contributed by atoms with van der Waals surface area (Å²) in [5.74, 6) is -4.91. The van der Waals surface area contributed by atoms with E-state index in [1.165, 1.54) is 12.1 Å². The molecule has 0 unspecified atom stereocenters. The minimum Gasteiger partial charge on any atom is -0.491 e. The van der Waals surface area contributed by atoms with Gasteiger partial charge in [0.25, 0.3) is 0 Å². The fourth-order valence-electron chi connectivity index (χ4n) is 2.69. The number of halogens is 4. The minimum atomic E-state index is -4.70. The molecule has 0 aliphatic carbocycles. The molecule has 1 saturated heterocycles. The van der Waals surface area contributed by atoms with Crippen molar-refractivity contribution in [2.24, 2.45) is 11.8 Å². The number of amides is 2. The molecule has 1 aliphatic heterocycles. The maximum atomic E-state index is 13.0. The Morgan fingerprint density at radius 1 is 1.35 bits per heavy atom. The van der Waals surface area contributed by atoms with E-state index in [0.717, 1.165) is 4.90 Å². The van der Waals surface area contributed by atoms with Crippen LogP contribution < -0.4 is 10.1 Å². The Morgan fingerprint density at radius 3 is 2.46 bits per heavy atom. The Kier molecular flexibility index (Phi) is 5.90. The van der Waals surface area contributed by atoms with E-state index in [1.54, 1.807) is 6.07 Å². The quantitative estimate of drug-likeness (QED) is 0.813. The maximum Gasteiger partial charge on any atom is 0.394 e. The largest absolute Gasteiger partial charge is 0.491 e. The number of anilines is 1. The van der Waals surface area contributed by atoms with Gasteiger partial charge < -0.3 is 20.1 Å². The number of nitrogens with zero attached hydrogens (tertiary/aromatic N) is 1. The summed E-state index contributed by atoms with van der Waals surface area (Å²) in [5, 5.41) is 11.5. The third-order valence-corrected chi connectivity index (χ3v) is 4.21. The lowest BCUT2D eigenvalue weighted by molar-refractivity contribution is -0.187. The van der Waals surface area contributed by atoms with Crippen LogP contribution in [0.25, 0.3) is 0 Å². The first-order chi connectivity index (χ1) is 12.0. The second kappa shape index (κ2) is 7.61. The van der Waals surface area contributed by atoms with Crippen molar-refractivity contribution in [1.82, 2.24) is 4.90 Å². The van der Waals surface area contributed by atoms with E-state index in [1.807, 2.05) is 13.8 Å². The number of urea groups is 1. The fourth-order valence-corrected chi connectivity index (χ4v) is 2.91. The molecule has 2 N–H and O–H groups in total. The van der Waals surface area contributed by atoms with Gasteiger partial charge in [0.1, 0.15) is 5.75 Å². The molecule has 0 bridgehead atoms. The zero-order chi connectivity index (χ0) is 19.6. The standard InChI is InChI=1S/C16H18ClF3N2O4/c1-8(2)26-9-3-4-13(12(17)5-9)21-15(25)22-6-10(14(23)24)11(7-22)16(18,19)20/h3-5,8,10-11H,6-7H2,1-2H3,(H,21,25)(H,23,24)/t10-,11-/m1/s1. The first-order valence-corrected chi connectivity index (χ1v) is 8.18. The van der Waals surface area contributed by atoms with Gasteiger partial charge in [-0.1, -0.05) is 11.6 Å². The highest BCUT2D eigenvalue weighted by Gasteiger charge is 2.53. The van der Waals surface area contributed by atoms with Gasteiger partial charge in [0.05, 0.1) is 28.6 Å². The molecule has 0 saturated carbocycles. The van der Waals surface area contributed by atoms with Crippen LogP contribution in [0.2, 0.25) is 5.02 Å². The maximum absolute atomic E-state index is 13.0. The van der Waals surface area contributed by atoms with E-state index in [-0.39, 0.29) is 16.8 Å². The summed E-state index contributed by atoms with van der Waals surface area (Å²) in [6.07, 6.45) is -4.78. The van der Waals surface area contributed by atoms with Crippen molar-refractivity contribution in [3.8, 4) is 5.75 Å². The van der Waals surface area contributed by atoms with Crippen LogP contribution in [0.4, 0.5) is 23.7 Å². The van der Waals surface area contributed by atoms with Crippen molar-refractivity contribution in [2.75, 3.05) is 18.4 Å². The fraction of sp³-hybridized carbons (Fsp3) is 0.500. The molecule has 144 valence electrons. The van der Waals surface area contributed by atoms with Crippen LogP contribution in [-0.4, -0.2) is 47.4 Å². The molecule has 0 spiro atoms. The highest BCUT2D eigenvalue weighted by molar-refractivity contribution is 6.33. The van der Waals surface area contributed by atoms with Crippen LogP contribution in [-0.2, 0) is 4.79 Å². The van der Waals surface area contributed by atoms with Crippen molar-refractivity contribution in [1.29, 1.82) is 0 Å². The summed E-state index contributed by atoms with van der Waals surface area (Å²) < 4.78 is 44.4. The topological polar surface area (TPSA) is 78.9 Å². The molecule has 2 rings (SSSR count). The lowest BCUT2D eigenvalue weighted by Crippen LogP contribution is -2.35. The zero-order valence-corrected chi connectivity index (χ0v) is 14.8. The van der Waals surface area contributed by atoms with Gasteiger partial charge in [-0.15, -0.1) is 0 Å². The lowest BCUT2D eigenvalue weighted by atomic mass is 9.96. The smallest absolute Gasteiger partial charge is 0.394 e. The van der Waals surface area contributed by atoms with Gasteiger partial charge in [-0.05, 0) is 26.0 Å². The molecule has 0 radical (unpaired) electrons. The number of nitrogens with one attached hydrogen (secondary N) is 1. The van der Waals surface area contributed by atoms with E-state index in [0.29, 0.717) is 5.75 Å². The van der Waals surface area contributed by atoms with Crippen LogP contribution in [0, 0.1) is 11.8 Å². The number of carboxylic acid groups (broad SMARTS) is 1. The molecular formula is C16H18ClF3N2O4. The second-order valence-corrected chi connectivity index (χ2v) is 6.64. The number of hydrogen-bond donors (Lipinski definition) is 2. The molecule has 2 amide bonds. The Morgan fingerprint density at radius 2 is 2.00 bits per heavy atom. The summed E-state index contributed by atoms with van der Waals surface area (Å²) >= 11 is 6.06. The molecular weight excluding hydrogens is 377 g/mol. The molecule has 1 aromatic carbocycles. The van der Waals surface area contributed by atoms with Gasteiger partial charge in [0.15, 0.2) is 0 Å². The number of alkyl halides is 3. The van der Waals surface area contributed by atoms with Crippen molar-refractivity contribution in [3.63, 3.8) is 0 Å². The van der Waals surface area contributed by atoms with E-state index < -0.39 is 43.1 Å². The van der Waals surface area contributed by atoms with Crippen LogP contribution >= 0.6 is 11.6 Å². The average Bonchev–Trinajstić information content (AvgIpc) is 2.95. The normalized spacial score (nSPS) is 20.3. The number of likely N-dealkylation sites (tertiary alicyclic amines) is 1. The van der Waals surface area contributed by atoms with Gasteiger partial charge in [0, 0.05) is 19.2 Å². The van der Waals surface area contributed by atoms with Crippen LogP contribution in [0.3, 0.4) is 0 Å². The molecule has 6 nitrogen and oxygen atoms in total. The lowest BCUT2D eigenvalue weighted by Gasteiger charge is -2.19. The Balaban J connectivity index is 2.09. The molecule has 1 aliphatic rings. The monoisotopic (exact) mass is 394 g/mol.